The highest BCUT2D eigenvalue weighted by Crippen LogP contribution is 2.21. The molecule has 4 nitrogen and oxygen atoms in total. The number of carbonyl (C=O) groups is 1. The van der Waals surface area contributed by atoms with E-state index in [1.54, 1.807) is 0 Å². The largest absolute Gasteiger partial charge is 0.494 e. The summed E-state index contributed by atoms with van der Waals surface area (Å²) in [7, 11) is 0. The quantitative estimate of drug-likeness (QED) is 0.826. The Morgan fingerprint density at radius 1 is 1.09 bits per heavy atom. The average molecular weight is 298 g/mol. The second-order valence-corrected chi connectivity index (χ2v) is 5.14. The third-order valence-corrected chi connectivity index (χ3v) is 3.53. The maximum atomic E-state index is 11.7. The Labute approximate surface area is 131 Å². The molecule has 0 aliphatic heterocycles. The highest BCUT2D eigenvalue weighted by atomic mass is 16.5. The fourth-order valence-corrected chi connectivity index (χ4v) is 2.35. The van der Waals surface area contributed by atoms with Crippen LogP contribution in [0.15, 0.2) is 54.6 Å². The molecular formula is C18H22N2O2. The van der Waals surface area contributed by atoms with E-state index in [-0.39, 0.29) is 11.9 Å². The highest BCUT2D eigenvalue weighted by Gasteiger charge is 2.20. The highest BCUT2D eigenvalue weighted by molar-refractivity contribution is 5.81. The van der Waals surface area contributed by atoms with E-state index < -0.39 is 6.04 Å². The van der Waals surface area contributed by atoms with Crippen LogP contribution in [0, 0.1) is 0 Å². The minimum atomic E-state index is -0.511. The molecule has 4 heteroatoms. The maximum absolute atomic E-state index is 11.7. The Hall–Kier alpha value is -2.33. The van der Waals surface area contributed by atoms with Crippen molar-refractivity contribution >= 4 is 5.91 Å². The predicted octanol–water partition coefficient (Wildman–Crippen LogP) is 2.96. The smallest absolute Gasteiger partial charge is 0.239 e. The minimum Gasteiger partial charge on any atom is -0.494 e. The van der Waals surface area contributed by atoms with E-state index in [1.165, 1.54) is 0 Å². The Kier molecular flexibility index (Phi) is 5.55. The molecule has 0 saturated heterocycles. The Balaban J connectivity index is 2.11. The lowest BCUT2D eigenvalue weighted by Crippen LogP contribution is -2.35. The first-order chi connectivity index (χ1) is 10.6. The molecule has 22 heavy (non-hydrogen) atoms. The molecule has 2 atom stereocenters. The predicted molar refractivity (Wildman–Crippen MR) is 87.5 cm³/mol. The summed E-state index contributed by atoms with van der Waals surface area (Å²) in [5.41, 5.74) is 7.48. The second-order valence-electron chi connectivity index (χ2n) is 5.14. The van der Waals surface area contributed by atoms with Crippen LogP contribution in [0.5, 0.6) is 5.75 Å². The Morgan fingerprint density at radius 3 is 2.27 bits per heavy atom. The molecule has 0 saturated carbocycles. The topological polar surface area (TPSA) is 64.3 Å². The zero-order valence-electron chi connectivity index (χ0n) is 13.0. The standard InChI is InChI=1S/C18H22N2O2/c1-3-22-16-11-9-14(10-12-16)13(2)20-17(18(19)21)15-7-5-4-6-8-15/h4-13,17,20H,3H2,1-2H3,(H2,19,21). The number of nitrogens with two attached hydrogens (primary N) is 1. The van der Waals surface area contributed by atoms with Crippen LogP contribution in [0.3, 0.4) is 0 Å². The van der Waals surface area contributed by atoms with Crippen LogP contribution in [-0.4, -0.2) is 12.5 Å². The molecular weight excluding hydrogens is 276 g/mol. The van der Waals surface area contributed by atoms with Crippen LogP contribution in [-0.2, 0) is 4.79 Å². The van der Waals surface area contributed by atoms with Gasteiger partial charge in [0.1, 0.15) is 11.8 Å². The first-order valence-electron chi connectivity index (χ1n) is 7.45. The molecule has 2 rings (SSSR count). The van der Waals surface area contributed by atoms with Crippen LogP contribution < -0.4 is 15.8 Å². The summed E-state index contributed by atoms with van der Waals surface area (Å²) >= 11 is 0. The number of amides is 1. The number of carbonyl (C=O) groups excluding carboxylic acids is 1. The van der Waals surface area contributed by atoms with E-state index >= 15 is 0 Å². The lowest BCUT2D eigenvalue weighted by atomic mass is 10.0. The zero-order valence-corrected chi connectivity index (χ0v) is 13.0. The number of rotatable bonds is 7. The van der Waals surface area contributed by atoms with Crippen LogP contribution in [0.2, 0.25) is 0 Å². The monoisotopic (exact) mass is 298 g/mol. The first kappa shape index (κ1) is 16.0. The molecule has 0 heterocycles. The number of benzene rings is 2. The van der Waals surface area contributed by atoms with Gasteiger partial charge in [0.2, 0.25) is 5.91 Å². The molecule has 2 aromatic carbocycles. The van der Waals surface area contributed by atoms with Crippen molar-refractivity contribution in [2.24, 2.45) is 5.73 Å². The van der Waals surface area contributed by atoms with Gasteiger partial charge >= 0.3 is 0 Å². The summed E-state index contributed by atoms with van der Waals surface area (Å²) in [5, 5.41) is 3.29. The maximum Gasteiger partial charge on any atom is 0.239 e. The van der Waals surface area contributed by atoms with Crippen molar-refractivity contribution in [1.29, 1.82) is 0 Å². The molecule has 0 aliphatic carbocycles. The van der Waals surface area contributed by atoms with Crippen molar-refractivity contribution in [3.05, 3.63) is 65.7 Å². The number of primary amides is 1. The average Bonchev–Trinajstić information content (AvgIpc) is 2.54. The molecule has 116 valence electrons. The van der Waals surface area contributed by atoms with Gasteiger partial charge in [-0.3, -0.25) is 10.1 Å². The summed E-state index contributed by atoms with van der Waals surface area (Å²) in [5.74, 6) is 0.456. The van der Waals surface area contributed by atoms with Crippen molar-refractivity contribution in [2.45, 2.75) is 25.9 Å². The van der Waals surface area contributed by atoms with Crippen molar-refractivity contribution in [3.63, 3.8) is 0 Å². The Bertz CT molecular complexity index is 596. The van der Waals surface area contributed by atoms with Gasteiger partial charge in [0.15, 0.2) is 0 Å². The van der Waals surface area contributed by atoms with Gasteiger partial charge in [-0.25, -0.2) is 0 Å². The summed E-state index contributed by atoms with van der Waals surface area (Å²) in [6, 6.07) is 16.8. The SMILES string of the molecule is CCOc1ccc(C(C)NC(C(N)=O)c2ccccc2)cc1. The zero-order chi connectivity index (χ0) is 15.9. The van der Waals surface area contributed by atoms with E-state index in [2.05, 4.69) is 5.32 Å². The van der Waals surface area contributed by atoms with Crippen molar-refractivity contribution in [2.75, 3.05) is 6.61 Å². The van der Waals surface area contributed by atoms with E-state index in [0.717, 1.165) is 16.9 Å². The van der Waals surface area contributed by atoms with Gasteiger partial charge in [0.05, 0.1) is 6.61 Å². The third kappa shape index (κ3) is 4.09. The molecule has 0 fully saturated rings. The minimum absolute atomic E-state index is 0.00613. The van der Waals surface area contributed by atoms with Crippen LogP contribution in [0.4, 0.5) is 0 Å². The van der Waals surface area contributed by atoms with Gasteiger partial charge in [0.25, 0.3) is 0 Å². The van der Waals surface area contributed by atoms with E-state index in [4.69, 9.17) is 10.5 Å². The number of nitrogens with one attached hydrogen (secondary N) is 1. The molecule has 0 aliphatic rings. The molecule has 2 aromatic rings. The Morgan fingerprint density at radius 2 is 1.73 bits per heavy atom. The van der Waals surface area contributed by atoms with Crippen molar-refractivity contribution in [1.82, 2.24) is 5.32 Å². The molecule has 0 radical (unpaired) electrons. The van der Waals surface area contributed by atoms with Crippen LogP contribution >= 0.6 is 0 Å². The van der Waals surface area contributed by atoms with Crippen molar-refractivity contribution in [3.8, 4) is 5.75 Å². The number of hydrogen-bond donors (Lipinski definition) is 2. The first-order valence-corrected chi connectivity index (χ1v) is 7.45. The van der Waals surface area contributed by atoms with E-state index in [9.17, 15) is 4.79 Å². The van der Waals surface area contributed by atoms with E-state index in [0.29, 0.717) is 6.61 Å². The lowest BCUT2D eigenvalue weighted by molar-refractivity contribution is -0.120. The summed E-state index contributed by atoms with van der Waals surface area (Å²) in [4.78, 5) is 11.7. The van der Waals surface area contributed by atoms with Gasteiger partial charge in [-0.15, -0.1) is 0 Å². The molecule has 0 spiro atoms. The van der Waals surface area contributed by atoms with Gasteiger partial charge in [-0.2, -0.15) is 0 Å². The number of hydrogen-bond acceptors (Lipinski definition) is 3. The van der Waals surface area contributed by atoms with Gasteiger partial charge in [0, 0.05) is 6.04 Å². The van der Waals surface area contributed by atoms with Crippen molar-refractivity contribution < 1.29 is 9.53 Å². The fraction of sp³-hybridized carbons (Fsp3) is 0.278. The van der Waals surface area contributed by atoms with Gasteiger partial charge < -0.3 is 10.5 Å². The summed E-state index contributed by atoms with van der Waals surface area (Å²) in [6.07, 6.45) is 0. The second kappa shape index (κ2) is 7.61. The van der Waals surface area contributed by atoms with Crippen LogP contribution in [0.1, 0.15) is 37.1 Å². The molecule has 2 unspecified atom stereocenters. The normalized spacial score (nSPS) is 13.4. The molecule has 1 amide bonds. The van der Waals surface area contributed by atoms with Gasteiger partial charge in [-0.05, 0) is 37.1 Å². The van der Waals surface area contributed by atoms with E-state index in [1.807, 2.05) is 68.4 Å². The van der Waals surface area contributed by atoms with Crippen LogP contribution in [0.25, 0.3) is 0 Å². The number of ether oxygens (including phenoxy) is 1. The van der Waals surface area contributed by atoms with Gasteiger partial charge in [-0.1, -0.05) is 42.5 Å². The molecule has 0 bridgehead atoms. The third-order valence-electron chi connectivity index (χ3n) is 3.53. The molecule has 0 aromatic heterocycles. The fourth-order valence-electron chi connectivity index (χ4n) is 2.35. The summed E-state index contributed by atoms with van der Waals surface area (Å²) in [6.45, 7) is 4.61. The lowest BCUT2D eigenvalue weighted by Gasteiger charge is -2.22. The summed E-state index contributed by atoms with van der Waals surface area (Å²) < 4.78 is 5.43. The molecule has 3 N–H and O–H groups in total.